The highest BCUT2D eigenvalue weighted by molar-refractivity contribution is 7.89. The van der Waals surface area contributed by atoms with Crippen LogP contribution in [0.3, 0.4) is 0 Å². The molecule has 30 heavy (non-hydrogen) atoms. The lowest BCUT2D eigenvalue weighted by atomic mass is 9.64. The Hall–Kier alpha value is -2.87. The van der Waals surface area contributed by atoms with Crippen LogP contribution in [-0.2, 0) is 29.1 Å². The topological polar surface area (TPSA) is 90.0 Å². The van der Waals surface area contributed by atoms with Gasteiger partial charge in [-0.1, -0.05) is 41.5 Å². The van der Waals surface area contributed by atoms with Gasteiger partial charge in [-0.25, -0.2) is 8.42 Å². The van der Waals surface area contributed by atoms with Crippen molar-refractivity contribution in [3.63, 3.8) is 0 Å². The largest absolute Gasteiger partial charge is 0.468 e. The summed E-state index contributed by atoms with van der Waals surface area (Å²) < 4.78 is 38.0. The molecule has 1 aliphatic heterocycles. The minimum absolute atomic E-state index is 0.0542. The van der Waals surface area contributed by atoms with Crippen molar-refractivity contribution in [2.24, 2.45) is 11.3 Å². The molecular weight excluding hydrogens is 406 g/mol. The Labute approximate surface area is 175 Å². The molecule has 0 aromatic heterocycles. The van der Waals surface area contributed by atoms with Crippen molar-refractivity contribution in [2.45, 2.75) is 30.7 Å². The number of hydrogen-bond donors (Lipinski definition) is 0. The quantitative estimate of drug-likeness (QED) is 0.540. The first kappa shape index (κ1) is 20.4. The number of esters is 2. The summed E-state index contributed by atoms with van der Waals surface area (Å²) in [6, 6.07) is 6.25. The SMILES string of the molecule is COC(=O)C1(C(=O)OC)CC2=CC=C[C@H]3[C@@H]2C(=CN3S(=O)(=O)c2ccc(C)cc2)C1. The molecule has 8 heteroatoms. The third-order valence-corrected chi connectivity index (χ3v) is 7.88. The van der Waals surface area contributed by atoms with Crippen LogP contribution in [0.5, 0.6) is 0 Å². The zero-order chi connectivity index (χ0) is 21.7. The number of allylic oxidation sites excluding steroid dienone is 2. The Balaban J connectivity index is 1.80. The molecule has 0 radical (unpaired) electrons. The second-order valence-corrected chi connectivity index (χ2v) is 9.71. The molecule has 7 nitrogen and oxygen atoms in total. The standard InChI is InChI=1S/C22H23NO6S/c1-14-7-9-17(10-8-14)30(26,27)23-13-16-12-22(20(24)28-2,21(25)29-3)11-15-5-4-6-18(23)19(15)16/h4-10,13,18-19H,11-12H2,1-3H3/t18-,19-/m0/s1. The lowest BCUT2D eigenvalue weighted by molar-refractivity contribution is -0.169. The Kier molecular flexibility index (Phi) is 4.85. The lowest BCUT2D eigenvalue weighted by Gasteiger charge is -2.40. The van der Waals surface area contributed by atoms with Crippen molar-refractivity contribution in [1.82, 2.24) is 4.31 Å². The van der Waals surface area contributed by atoms with Crippen molar-refractivity contribution in [3.05, 3.63) is 65.4 Å². The van der Waals surface area contributed by atoms with Crippen molar-refractivity contribution < 1.29 is 27.5 Å². The van der Waals surface area contributed by atoms with Crippen LogP contribution in [0.1, 0.15) is 18.4 Å². The van der Waals surface area contributed by atoms with Gasteiger partial charge in [0.2, 0.25) is 0 Å². The molecule has 1 aromatic rings. The number of ether oxygens (including phenoxy) is 2. The normalized spacial score (nSPS) is 23.9. The highest BCUT2D eigenvalue weighted by Gasteiger charge is 2.57. The van der Waals surface area contributed by atoms with Gasteiger partial charge in [-0.05, 0) is 37.5 Å². The van der Waals surface area contributed by atoms with E-state index in [4.69, 9.17) is 9.47 Å². The molecule has 1 saturated carbocycles. The molecule has 0 saturated heterocycles. The van der Waals surface area contributed by atoms with Crippen LogP contribution in [0.2, 0.25) is 0 Å². The Bertz CT molecular complexity index is 1080. The Morgan fingerprint density at radius 1 is 1.03 bits per heavy atom. The fraction of sp³-hybridized carbons (Fsp3) is 0.364. The minimum atomic E-state index is -3.81. The summed E-state index contributed by atoms with van der Waals surface area (Å²) in [5, 5.41) is 0. The van der Waals surface area contributed by atoms with Gasteiger partial charge in [0.05, 0.1) is 25.2 Å². The number of benzene rings is 1. The number of nitrogens with zero attached hydrogens (tertiary/aromatic N) is 1. The van der Waals surface area contributed by atoms with E-state index < -0.39 is 33.4 Å². The van der Waals surface area contributed by atoms with Crippen molar-refractivity contribution in [3.8, 4) is 0 Å². The summed E-state index contributed by atoms with van der Waals surface area (Å²) in [6.45, 7) is 1.89. The van der Waals surface area contributed by atoms with Crippen LogP contribution in [0.15, 0.2) is 64.7 Å². The molecule has 158 valence electrons. The van der Waals surface area contributed by atoms with Gasteiger partial charge in [0.15, 0.2) is 5.41 Å². The maximum Gasteiger partial charge on any atom is 0.323 e. The van der Waals surface area contributed by atoms with E-state index in [1.807, 2.05) is 19.1 Å². The third-order valence-electron chi connectivity index (χ3n) is 6.11. The van der Waals surface area contributed by atoms with E-state index >= 15 is 0 Å². The number of sulfonamides is 1. The number of aryl methyl sites for hydroxylation is 1. The fourth-order valence-electron chi connectivity index (χ4n) is 4.65. The molecule has 0 amide bonds. The number of carbonyl (C=O) groups is 2. The average molecular weight is 429 g/mol. The summed E-state index contributed by atoms with van der Waals surface area (Å²) in [4.78, 5) is 25.5. The van der Waals surface area contributed by atoms with Gasteiger partial charge in [-0.15, -0.1) is 0 Å². The third kappa shape index (κ3) is 2.89. The number of methoxy groups -OCH3 is 2. The molecule has 0 N–H and O–H groups in total. The van der Waals surface area contributed by atoms with Crippen LogP contribution in [0.4, 0.5) is 0 Å². The van der Waals surface area contributed by atoms with E-state index in [1.54, 1.807) is 36.5 Å². The van der Waals surface area contributed by atoms with Crippen molar-refractivity contribution in [1.29, 1.82) is 0 Å². The van der Waals surface area contributed by atoms with Gasteiger partial charge < -0.3 is 9.47 Å². The molecule has 3 aliphatic rings. The van der Waals surface area contributed by atoms with Crippen LogP contribution < -0.4 is 0 Å². The minimum Gasteiger partial charge on any atom is -0.468 e. The summed E-state index contributed by atoms with van der Waals surface area (Å²) in [5.74, 6) is -1.57. The zero-order valence-electron chi connectivity index (χ0n) is 17.0. The number of carbonyl (C=O) groups excluding carboxylic acids is 2. The smallest absolute Gasteiger partial charge is 0.323 e. The van der Waals surface area contributed by atoms with Crippen LogP contribution in [0, 0.1) is 18.3 Å². The Morgan fingerprint density at radius 2 is 1.63 bits per heavy atom. The van der Waals surface area contributed by atoms with E-state index in [2.05, 4.69) is 0 Å². The molecule has 4 rings (SSSR count). The van der Waals surface area contributed by atoms with Gasteiger partial charge in [0.1, 0.15) is 0 Å². The molecule has 2 atom stereocenters. The average Bonchev–Trinajstić information content (AvgIpc) is 3.13. The van der Waals surface area contributed by atoms with Crippen molar-refractivity contribution in [2.75, 3.05) is 14.2 Å². The highest BCUT2D eigenvalue weighted by atomic mass is 32.2. The first-order chi connectivity index (χ1) is 14.2. The molecule has 0 spiro atoms. The van der Waals surface area contributed by atoms with Crippen LogP contribution >= 0.6 is 0 Å². The molecular formula is C22H23NO6S. The maximum atomic E-state index is 13.4. The van der Waals surface area contributed by atoms with Crippen LogP contribution in [-0.4, -0.2) is 44.9 Å². The monoisotopic (exact) mass is 429 g/mol. The van der Waals surface area contributed by atoms with Gasteiger partial charge in [-0.3, -0.25) is 13.9 Å². The number of rotatable bonds is 4. The molecule has 0 bridgehead atoms. The number of hydrogen-bond acceptors (Lipinski definition) is 6. The van der Waals surface area contributed by atoms with Gasteiger partial charge in [0, 0.05) is 12.1 Å². The van der Waals surface area contributed by atoms with Gasteiger partial charge in [0.25, 0.3) is 10.0 Å². The second-order valence-electron chi connectivity index (χ2n) is 7.87. The molecule has 2 aliphatic carbocycles. The summed E-state index contributed by atoms with van der Waals surface area (Å²) in [7, 11) is -1.35. The predicted molar refractivity (Wildman–Crippen MR) is 108 cm³/mol. The Morgan fingerprint density at radius 3 is 2.23 bits per heavy atom. The first-order valence-electron chi connectivity index (χ1n) is 9.59. The molecule has 0 unspecified atom stereocenters. The van der Waals surface area contributed by atoms with E-state index in [0.29, 0.717) is 5.57 Å². The van der Waals surface area contributed by atoms with Gasteiger partial charge in [-0.2, -0.15) is 0 Å². The van der Waals surface area contributed by atoms with Crippen LogP contribution in [0.25, 0.3) is 0 Å². The maximum absolute atomic E-state index is 13.4. The second kappa shape index (κ2) is 7.12. The first-order valence-corrected chi connectivity index (χ1v) is 11.0. The van der Waals surface area contributed by atoms with Gasteiger partial charge >= 0.3 is 11.9 Å². The lowest BCUT2D eigenvalue weighted by Crippen LogP contribution is -2.47. The highest BCUT2D eigenvalue weighted by Crippen LogP contribution is 2.53. The summed E-state index contributed by atoms with van der Waals surface area (Å²) in [6.07, 6.45) is 7.21. The molecule has 1 heterocycles. The van der Waals surface area contributed by atoms with E-state index in [9.17, 15) is 18.0 Å². The fourth-order valence-corrected chi connectivity index (χ4v) is 6.16. The zero-order valence-corrected chi connectivity index (χ0v) is 17.8. The van der Waals surface area contributed by atoms with E-state index in [-0.39, 0.29) is 23.7 Å². The molecule has 1 fully saturated rings. The van der Waals surface area contributed by atoms with E-state index in [0.717, 1.165) is 11.1 Å². The van der Waals surface area contributed by atoms with E-state index in [1.165, 1.54) is 18.5 Å². The molecule has 1 aromatic carbocycles. The summed E-state index contributed by atoms with van der Waals surface area (Å²) >= 11 is 0. The predicted octanol–water partition coefficient (Wildman–Crippen LogP) is 2.49. The van der Waals surface area contributed by atoms with Crippen molar-refractivity contribution >= 4 is 22.0 Å². The summed E-state index contributed by atoms with van der Waals surface area (Å²) in [5.41, 5.74) is 0.966.